The molecule has 1 fully saturated rings. The lowest BCUT2D eigenvalue weighted by atomic mass is 10.2. The van der Waals surface area contributed by atoms with Crippen molar-refractivity contribution >= 4 is 29.8 Å². The molecule has 3 amide bonds. The Bertz CT molecular complexity index is 1060. The van der Waals surface area contributed by atoms with Gasteiger partial charge in [0, 0.05) is 36.7 Å². The van der Waals surface area contributed by atoms with Crippen LogP contribution in [0, 0.1) is 4.77 Å². The number of amides is 3. The number of rotatable bonds is 4. The van der Waals surface area contributed by atoms with Gasteiger partial charge in [-0.15, -0.1) is 0 Å². The lowest BCUT2D eigenvalue weighted by molar-refractivity contribution is 0.0931. The van der Waals surface area contributed by atoms with Crippen molar-refractivity contribution in [3.63, 3.8) is 0 Å². The van der Waals surface area contributed by atoms with Crippen molar-refractivity contribution in [3.8, 4) is 5.69 Å². The number of nitrogens with one attached hydrogen (secondary N) is 3. The molecule has 3 N–H and O–H groups in total. The summed E-state index contributed by atoms with van der Waals surface area (Å²) in [5.41, 5.74) is 2.01. The summed E-state index contributed by atoms with van der Waals surface area (Å²) in [6.07, 6.45) is 2.31. The van der Waals surface area contributed by atoms with Gasteiger partial charge in [0.2, 0.25) is 0 Å². The van der Waals surface area contributed by atoms with Crippen molar-refractivity contribution in [2.45, 2.75) is 12.5 Å². The summed E-state index contributed by atoms with van der Waals surface area (Å²) in [4.78, 5) is 29.9. The first-order valence-electron chi connectivity index (χ1n) is 9.39. The Labute approximate surface area is 173 Å². The van der Waals surface area contributed by atoms with Crippen LogP contribution in [-0.4, -0.2) is 45.5 Å². The fraction of sp³-hybridized carbons (Fsp3) is 0.190. The number of carbonyl (C=O) groups is 2. The Kier molecular flexibility index (Phi) is 5.44. The first-order chi connectivity index (χ1) is 14.1. The molecule has 2 heterocycles. The number of likely N-dealkylation sites (tertiary alicyclic amines) is 1. The number of H-pyrrole nitrogens is 1. The standard InChI is InChI=1S/C21H21N5O2S/c27-19(18-13-22-21(29)26(18)17-9-5-2-6-10-17)23-16-11-12-25(14-16)20(28)24-15-7-3-1-4-8-15/h1-10,13,16H,11-12,14H2,(H,22,29)(H,23,27)(H,24,28)/t16-/m1/s1. The van der Waals surface area contributed by atoms with Crippen molar-refractivity contribution in [3.05, 3.63) is 77.3 Å². The highest BCUT2D eigenvalue weighted by molar-refractivity contribution is 7.71. The third kappa shape index (κ3) is 4.22. The van der Waals surface area contributed by atoms with Crippen molar-refractivity contribution in [2.75, 3.05) is 18.4 Å². The number of aromatic nitrogens is 2. The molecular weight excluding hydrogens is 386 g/mol. The maximum atomic E-state index is 12.9. The molecular formula is C21H21N5O2S. The Balaban J connectivity index is 1.40. The molecule has 148 valence electrons. The van der Waals surface area contributed by atoms with E-state index in [0.29, 0.717) is 30.0 Å². The third-order valence-electron chi connectivity index (χ3n) is 4.86. The van der Waals surface area contributed by atoms with Crippen molar-refractivity contribution < 1.29 is 9.59 Å². The Hall–Kier alpha value is -3.39. The van der Waals surface area contributed by atoms with E-state index in [2.05, 4.69) is 15.6 Å². The molecule has 1 atom stereocenters. The topological polar surface area (TPSA) is 82.2 Å². The fourth-order valence-electron chi connectivity index (χ4n) is 3.41. The number of hydrogen-bond acceptors (Lipinski definition) is 3. The van der Waals surface area contributed by atoms with Gasteiger partial charge in [0.1, 0.15) is 5.69 Å². The molecule has 7 nitrogen and oxygen atoms in total. The van der Waals surface area contributed by atoms with Crippen molar-refractivity contribution in [2.24, 2.45) is 0 Å². The number of aromatic amines is 1. The van der Waals surface area contributed by atoms with Crippen LogP contribution in [0.4, 0.5) is 10.5 Å². The molecule has 1 saturated heterocycles. The quantitative estimate of drug-likeness (QED) is 0.578. The SMILES string of the molecule is O=C(N[C@@H]1CCN(C(=O)Nc2ccccc2)C1)c1c[nH]c(=S)n1-c1ccccc1. The van der Waals surface area contributed by atoms with E-state index in [4.69, 9.17) is 12.2 Å². The highest BCUT2D eigenvalue weighted by atomic mass is 32.1. The number of nitrogens with zero attached hydrogens (tertiary/aromatic N) is 2. The monoisotopic (exact) mass is 407 g/mol. The van der Waals surface area contributed by atoms with Crippen LogP contribution >= 0.6 is 12.2 Å². The van der Waals surface area contributed by atoms with E-state index >= 15 is 0 Å². The summed E-state index contributed by atoms with van der Waals surface area (Å²) < 4.78 is 2.16. The van der Waals surface area contributed by atoms with Gasteiger partial charge in [0.15, 0.2) is 4.77 Å². The second-order valence-electron chi connectivity index (χ2n) is 6.85. The molecule has 0 unspecified atom stereocenters. The van der Waals surface area contributed by atoms with Crippen molar-refractivity contribution in [1.82, 2.24) is 19.8 Å². The van der Waals surface area contributed by atoms with Crippen LogP contribution in [0.1, 0.15) is 16.9 Å². The summed E-state index contributed by atoms with van der Waals surface area (Å²) in [6, 6.07) is 18.5. The predicted octanol–water partition coefficient (Wildman–Crippen LogP) is 3.57. The van der Waals surface area contributed by atoms with Gasteiger partial charge in [-0.25, -0.2) is 4.79 Å². The fourth-order valence-corrected chi connectivity index (χ4v) is 3.68. The molecule has 8 heteroatoms. The Morgan fingerprint density at radius 3 is 2.45 bits per heavy atom. The first-order valence-corrected chi connectivity index (χ1v) is 9.80. The van der Waals surface area contributed by atoms with E-state index in [0.717, 1.165) is 11.4 Å². The summed E-state index contributed by atoms with van der Waals surface area (Å²) in [7, 11) is 0. The van der Waals surface area contributed by atoms with Gasteiger partial charge in [0.05, 0.1) is 0 Å². The van der Waals surface area contributed by atoms with Crippen LogP contribution in [0.25, 0.3) is 5.69 Å². The van der Waals surface area contributed by atoms with Gasteiger partial charge in [0.25, 0.3) is 5.91 Å². The van der Waals surface area contributed by atoms with Gasteiger partial charge in [-0.3, -0.25) is 9.36 Å². The number of para-hydroxylation sites is 2. The number of hydrogen-bond donors (Lipinski definition) is 3. The zero-order chi connectivity index (χ0) is 20.2. The molecule has 0 spiro atoms. The first kappa shape index (κ1) is 18.9. The molecule has 29 heavy (non-hydrogen) atoms. The molecule has 1 aliphatic heterocycles. The zero-order valence-electron chi connectivity index (χ0n) is 15.7. The minimum atomic E-state index is -0.225. The van der Waals surface area contributed by atoms with E-state index in [9.17, 15) is 9.59 Å². The molecule has 2 aromatic carbocycles. The summed E-state index contributed by atoms with van der Waals surface area (Å²) in [6.45, 7) is 1.04. The van der Waals surface area contributed by atoms with Gasteiger partial charge in [-0.05, 0) is 42.9 Å². The minimum Gasteiger partial charge on any atom is -0.346 e. The van der Waals surface area contributed by atoms with Gasteiger partial charge in [-0.2, -0.15) is 0 Å². The smallest absolute Gasteiger partial charge is 0.321 e. The average molecular weight is 407 g/mol. The molecule has 0 saturated carbocycles. The molecule has 3 aromatic rings. The highest BCUT2D eigenvalue weighted by Crippen LogP contribution is 2.16. The lowest BCUT2D eigenvalue weighted by Crippen LogP contribution is -2.40. The summed E-state index contributed by atoms with van der Waals surface area (Å²) in [5, 5.41) is 5.89. The maximum absolute atomic E-state index is 12.9. The van der Waals surface area contributed by atoms with E-state index in [-0.39, 0.29) is 18.0 Å². The summed E-state index contributed by atoms with van der Waals surface area (Å²) in [5.74, 6) is -0.225. The Morgan fingerprint density at radius 1 is 1.03 bits per heavy atom. The molecule has 1 aromatic heterocycles. The van der Waals surface area contributed by atoms with Crippen LogP contribution in [0.5, 0.6) is 0 Å². The second-order valence-corrected chi connectivity index (χ2v) is 7.24. The van der Waals surface area contributed by atoms with Crippen molar-refractivity contribution in [1.29, 1.82) is 0 Å². The Morgan fingerprint density at radius 2 is 1.72 bits per heavy atom. The predicted molar refractivity (Wildman–Crippen MR) is 114 cm³/mol. The van der Waals surface area contributed by atoms with Crippen LogP contribution in [-0.2, 0) is 0 Å². The maximum Gasteiger partial charge on any atom is 0.321 e. The second kappa shape index (κ2) is 8.32. The molecule has 0 radical (unpaired) electrons. The number of anilines is 1. The molecule has 0 aliphatic carbocycles. The lowest BCUT2D eigenvalue weighted by Gasteiger charge is -2.18. The van der Waals surface area contributed by atoms with E-state index in [1.807, 2.05) is 60.7 Å². The molecule has 1 aliphatic rings. The van der Waals surface area contributed by atoms with E-state index in [1.54, 1.807) is 15.7 Å². The summed E-state index contributed by atoms with van der Waals surface area (Å²) >= 11 is 5.34. The number of imidazole rings is 1. The van der Waals surface area contributed by atoms with Crippen LogP contribution in [0.2, 0.25) is 0 Å². The largest absolute Gasteiger partial charge is 0.346 e. The highest BCUT2D eigenvalue weighted by Gasteiger charge is 2.28. The van der Waals surface area contributed by atoms with Crippen LogP contribution < -0.4 is 10.6 Å². The van der Waals surface area contributed by atoms with Crippen LogP contribution in [0.15, 0.2) is 66.9 Å². The van der Waals surface area contributed by atoms with Gasteiger partial charge in [-0.1, -0.05) is 36.4 Å². The van der Waals surface area contributed by atoms with E-state index in [1.165, 1.54) is 0 Å². The normalized spacial score (nSPS) is 15.9. The van der Waals surface area contributed by atoms with Gasteiger partial charge >= 0.3 is 6.03 Å². The third-order valence-corrected chi connectivity index (χ3v) is 5.16. The number of carbonyl (C=O) groups excluding carboxylic acids is 2. The number of benzene rings is 2. The molecule has 4 rings (SSSR count). The van der Waals surface area contributed by atoms with E-state index < -0.39 is 0 Å². The molecule has 0 bridgehead atoms. The average Bonchev–Trinajstić information content (AvgIpc) is 3.36. The van der Waals surface area contributed by atoms with Crippen LogP contribution in [0.3, 0.4) is 0 Å². The number of urea groups is 1. The van der Waals surface area contributed by atoms with Gasteiger partial charge < -0.3 is 20.5 Å². The minimum absolute atomic E-state index is 0.114. The zero-order valence-corrected chi connectivity index (χ0v) is 16.5.